The Bertz CT molecular complexity index is 888. The fourth-order valence-corrected chi connectivity index (χ4v) is 10.2. The number of fused-ring (bicyclic) bond motifs is 1. The fourth-order valence-electron chi connectivity index (χ4n) is 5.92. The van der Waals surface area contributed by atoms with E-state index in [9.17, 15) is 0 Å². The van der Waals surface area contributed by atoms with Crippen molar-refractivity contribution in [1.29, 1.82) is 0 Å². The maximum Gasteiger partial charge on any atom is 0.192 e. The Morgan fingerprint density at radius 2 is 1.20 bits per heavy atom. The predicted molar refractivity (Wildman–Crippen MR) is 184 cm³/mol. The van der Waals surface area contributed by atoms with Crippen molar-refractivity contribution in [3.05, 3.63) is 24.8 Å². The lowest BCUT2D eigenvalue weighted by Crippen LogP contribution is -2.48. The summed E-state index contributed by atoms with van der Waals surface area (Å²) in [5.74, 6) is 1.99. The summed E-state index contributed by atoms with van der Waals surface area (Å²) < 4.78 is 21.4. The Labute approximate surface area is 253 Å². The minimum Gasteiger partial charge on any atom is -0.414 e. The zero-order valence-corrected chi connectivity index (χ0v) is 32.7. The maximum absolute atomic E-state index is 7.36. The van der Waals surface area contributed by atoms with Crippen LogP contribution in [0.1, 0.15) is 89.0 Å². The highest BCUT2D eigenvalue weighted by molar-refractivity contribution is 6.75. The van der Waals surface area contributed by atoms with Crippen LogP contribution in [-0.4, -0.2) is 43.3 Å². The lowest BCUT2D eigenvalue weighted by molar-refractivity contribution is 0.0597. The molecule has 6 heteroatoms. The van der Waals surface area contributed by atoms with Crippen molar-refractivity contribution >= 4 is 25.0 Å². The van der Waals surface area contributed by atoms with Crippen LogP contribution < -0.4 is 0 Å². The van der Waals surface area contributed by atoms with Crippen LogP contribution in [0.2, 0.25) is 54.4 Å². The molecule has 0 N–H and O–H groups in total. The van der Waals surface area contributed by atoms with Crippen LogP contribution in [0.15, 0.2) is 24.8 Å². The molecule has 0 bridgehead atoms. The molecule has 40 heavy (non-hydrogen) atoms. The lowest BCUT2D eigenvalue weighted by Gasteiger charge is -2.44. The van der Waals surface area contributed by atoms with Gasteiger partial charge in [-0.15, -0.1) is 6.58 Å². The molecule has 0 radical (unpaired) electrons. The molecule has 1 fully saturated rings. The van der Waals surface area contributed by atoms with Gasteiger partial charge in [0.05, 0.1) is 12.2 Å². The molecule has 1 unspecified atom stereocenters. The molecular weight excluding hydrogens is 541 g/mol. The summed E-state index contributed by atoms with van der Waals surface area (Å²) in [7, 11) is -5.70. The second kappa shape index (κ2) is 12.2. The standard InChI is InChI=1S/C34H68O3Si3/c1-19-27-26(21-20-24(2)35-38(13,14)32(4,5)6)22-23-28-29(27)31(37-40(17,18)34(10,11)12)25(3)30(28)36-39(15,16)33(7,8)9/h19,22-31H,1,20-21H2,2-18H3/t24?,25-,26+,27-,28-,29+,30-,31+/m0/s1. The molecule has 1 saturated carbocycles. The summed E-state index contributed by atoms with van der Waals surface area (Å²) in [5, 5.41) is 0.584. The van der Waals surface area contributed by atoms with Crippen molar-refractivity contribution in [2.24, 2.45) is 29.6 Å². The molecule has 2 aliphatic carbocycles. The molecule has 0 aromatic rings. The van der Waals surface area contributed by atoms with Crippen molar-refractivity contribution in [3.8, 4) is 0 Å². The monoisotopic (exact) mass is 608 g/mol. The van der Waals surface area contributed by atoms with E-state index in [1.807, 2.05) is 0 Å². The van der Waals surface area contributed by atoms with Crippen LogP contribution in [0, 0.1) is 29.6 Å². The molecule has 0 aromatic heterocycles. The molecule has 3 nitrogen and oxygen atoms in total. The molecule has 0 aliphatic heterocycles. The first-order chi connectivity index (χ1) is 17.8. The third-order valence-corrected chi connectivity index (χ3v) is 25.3. The van der Waals surface area contributed by atoms with Gasteiger partial charge in [-0.05, 0) is 91.9 Å². The second-order valence-electron chi connectivity index (χ2n) is 17.8. The Hall–Kier alpha value is 0.0106. The van der Waals surface area contributed by atoms with Crippen molar-refractivity contribution in [2.45, 2.75) is 162 Å². The summed E-state index contributed by atoms with van der Waals surface area (Å²) in [4.78, 5) is 0. The van der Waals surface area contributed by atoms with E-state index < -0.39 is 25.0 Å². The molecule has 0 aromatic carbocycles. The highest BCUT2D eigenvalue weighted by Gasteiger charge is 2.57. The predicted octanol–water partition coefficient (Wildman–Crippen LogP) is 10.8. The minimum absolute atomic E-state index is 0.171. The van der Waals surface area contributed by atoms with Gasteiger partial charge in [-0.1, -0.05) is 87.5 Å². The summed E-state index contributed by atoms with van der Waals surface area (Å²) in [6.45, 7) is 44.6. The molecule has 0 amide bonds. The minimum atomic E-state index is -1.98. The van der Waals surface area contributed by atoms with Gasteiger partial charge in [0.2, 0.25) is 0 Å². The summed E-state index contributed by atoms with van der Waals surface area (Å²) in [5.41, 5.74) is 0. The Morgan fingerprint density at radius 1 is 0.750 bits per heavy atom. The zero-order valence-electron chi connectivity index (χ0n) is 29.7. The van der Waals surface area contributed by atoms with E-state index in [0.717, 1.165) is 12.8 Å². The highest BCUT2D eigenvalue weighted by Crippen LogP contribution is 2.54. The SMILES string of the molecule is C=C[C@@H]1[C@@H]2[C@H](C=C[C@H]1CCC(C)O[Si](C)(C)C(C)(C)C)[C@@H](O[Si](C)(C)C(C)(C)C)[C@H](C)[C@H]2O[Si](C)(C)C(C)(C)C. The summed E-state index contributed by atoms with van der Waals surface area (Å²) in [6.07, 6.45) is 10.2. The molecule has 0 heterocycles. The molecule has 2 rings (SSSR count). The molecule has 234 valence electrons. The zero-order chi connectivity index (χ0) is 31.3. The summed E-state index contributed by atoms with van der Waals surface area (Å²) >= 11 is 0. The van der Waals surface area contributed by atoms with Crippen molar-refractivity contribution in [3.63, 3.8) is 0 Å². The van der Waals surface area contributed by atoms with E-state index >= 15 is 0 Å². The third kappa shape index (κ3) is 7.74. The molecular formula is C34H68O3Si3. The van der Waals surface area contributed by atoms with Crippen LogP contribution in [0.25, 0.3) is 0 Å². The summed E-state index contributed by atoms with van der Waals surface area (Å²) in [6, 6.07) is 0. The number of hydrogen-bond acceptors (Lipinski definition) is 3. The van der Waals surface area contributed by atoms with Crippen molar-refractivity contribution in [1.82, 2.24) is 0 Å². The Balaban J connectivity index is 2.40. The second-order valence-corrected chi connectivity index (χ2v) is 32.1. The van der Waals surface area contributed by atoms with Gasteiger partial charge in [-0.25, -0.2) is 0 Å². The number of allylic oxidation sites excluding steroid dienone is 2. The van der Waals surface area contributed by atoms with Crippen LogP contribution in [0.4, 0.5) is 0 Å². The van der Waals surface area contributed by atoms with Gasteiger partial charge in [0.1, 0.15) is 0 Å². The van der Waals surface area contributed by atoms with Gasteiger partial charge in [0.25, 0.3) is 0 Å². The molecule has 8 atom stereocenters. The van der Waals surface area contributed by atoms with E-state index in [1.165, 1.54) is 0 Å². The van der Waals surface area contributed by atoms with Crippen LogP contribution in [0.3, 0.4) is 0 Å². The van der Waals surface area contributed by atoms with Crippen molar-refractivity contribution < 1.29 is 13.3 Å². The molecule has 0 spiro atoms. The Morgan fingerprint density at radius 3 is 1.62 bits per heavy atom. The van der Waals surface area contributed by atoms with Gasteiger partial charge < -0.3 is 13.3 Å². The number of hydrogen-bond donors (Lipinski definition) is 0. The van der Waals surface area contributed by atoms with E-state index in [4.69, 9.17) is 13.3 Å². The lowest BCUT2D eigenvalue weighted by atomic mass is 9.69. The quantitative estimate of drug-likeness (QED) is 0.182. The van der Waals surface area contributed by atoms with E-state index in [0.29, 0.717) is 29.6 Å². The van der Waals surface area contributed by atoms with E-state index in [2.05, 4.69) is 140 Å². The van der Waals surface area contributed by atoms with Crippen LogP contribution in [0.5, 0.6) is 0 Å². The van der Waals surface area contributed by atoms with Gasteiger partial charge in [0, 0.05) is 17.9 Å². The Kier molecular flexibility index (Phi) is 11.0. The average Bonchev–Trinajstić information content (AvgIpc) is 2.99. The van der Waals surface area contributed by atoms with Gasteiger partial charge in [0.15, 0.2) is 25.0 Å². The van der Waals surface area contributed by atoms with Gasteiger partial charge >= 0.3 is 0 Å². The third-order valence-electron chi connectivity index (χ3n) is 11.7. The molecule has 0 saturated heterocycles. The molecule has 2 aliphatic rings. The first-order valence-corrected chi connectivity index (χ1v) is 24.8. The maximum atomic E-state index is 7.36. The van der Waals surface area contributed by atoms with E-state index in [-0.39, 0.29) is 33.4 Å². The van der Waals surface area contributed by atoms with Crippen LogP contribution in [-0.2, 0) is 13.3 Å². The largest absolute Gasteiger partial charge is 0.414 e. The highest BCUT2D eigenvalue weighted by atomic mass is 28.4. The average molecular weight is 609 g/mol. The first kappa shape index (κ1) is 36.2. The first-order valence-electron chi connectivity index (χ1n) is 16.1. The van der Waals surface area contributed by atoms with Gasteiger partial charge in [-0.2, -0.15) is 0 Å². The van der Waals surface area contributed by atoms with Gasteiger partial charge in [-0.3, -0.25) is 0 Å². The van der Waals surface area contributed by atoms with E-state index in [1.54, 1.807) is 0 Å². The topological polar surface area (TPSA) is 27.7 Å². The fraction of sp³-hybridized carbons (Fsp3) is 0.882. The normalized spacial score (nSPS) is 31.3. The number of rotatable bonds is 10. The smallest absolute Gasteiger partial charge is 0.192 e. The van der Waals surface area contributed by atoms with Crippen LogP contribution >= 0.6 is 0 Å². The van der Waals surface area contributed by atoms with Crippen molar-refractivity contribution in [2.75, 3.05) is 0 Å².